The minimum absolute atomic E-state index is 0.810. The molecule has 0 saturated heterocycles. The van der Waals surface area contributed by atoms with E-state index in [-0.39, 0.29) is 0 Å². The van der Waals surface area contributed by atoms with Crippen LogP contribution in [0.25, 0.3) is 0 Å². The van der Waals surface area contributed by atoms with Crippen molar-refractivity contribution in [2.75, 3.05) is 33.4 Å². The van der Waals surface area contributed by atoms with E-state index in [1.165, 1.54) is 16.7 Å². The van der Waals surface area contributed by atoms with Crippen LogP contribution in [0.2, 0.25) is 0 Å². The van der Waals surface area contributed by atoms with E-state index in [1.54, 1.807) is 7.11 Å². The fourth-order valence-electron chi connectivity index (χ4n) is 3.24. The van der Waals surface area contributed by atoms with E-state index < -0.39 is 0 Å². The Morgan fingerprint density at radius 2 is 1.88 bits per heavy atom. The van der Waals surface area contributed by atoms with Gasteiger partial charge in [0.2, 0.25) is 0 Å². The van der Waals surface area contributed by atoms with E-state index in [2.05, 4.69) is 53.4 Å². The molecule has 3 heteroatoms. The van der Waals surface area contributed by atoms with Crippen molar-refractivity contribution in [3.8, 4) is 5.75 Å². The molecule has 0 unspecified atom stereocenters. The third-order valence-corrected chi connectivity index (χ3v) is 4.65. The predicted molar refractivity (Wildman–Crippen MR) is 97.6 cm³/mol. The number of methoxy groups -OCH3 is 1. The molecule has 0 saturated carbocycles. The van der Waals surface area contributed by atoms with Crippen molar-refractivity contribution < 1.29 is 9.47 Å². The van der Waals surface area contributed by atoms with Crippen LogP contribution in [0, 0.1) is 0 Å². The van der Waals surface area contributed by atoms with Gasteiger partial charge in [0, 0.05) is 26.2 Å². The number of rotatable bonds is 8. The van der Waals surface area contributed by atoms with Crippen molar-refractivity contribution in [2.45, 2.75) is 25.8 Å². The summed E-state index contributed by atoms with van der Waals surface area (Å²) in [5.41, 5.74) is 4.22. The zero-order valence-corrected chi connectivity index (χ0v) is 14.5. The minimum Gasteiger partial charge on any atom is -0.497 e. The number of ether oxygens (including phenoxy) is 2. The molecule has 0 bridgehead atoms. The van der Waals surface area contributed by atoms with Gasteiger partial charge in [0.15, 0.2) is 0 Å². The van der Waals surface area contributed by atoms with Gasteiger partial charge < -0.3 is 9.47 Å². The van der Waals surface area contributed by atoms with Crippen LogP contribution < -0.4 is 4.74 Å². The first-order chi connectivity index (χ1) is 11.8. The summed E-state index contributed by atoms with van der Waals surface area (Å²) in [5, 5.41) is 0. The summed E-state index contributed by atoms with van der Waals surface area (Å²) in [6, 6.07) is 17.0. The molecule has 128 valence electrons. The van der Waals surface area contributed by atoms with Crippen LogP contribution in [-0.4, -0.2) is 38.3 Å². The fourth-order valence-corrected chi connectivity index (χ4v) is 3.24. The zero-order valence-electron chi connectivity index (χ0n) is 14.5. The number of benzene rings is 2. The van der Waals surface area contributed by atoms with Crippen molar-refractivity contribution in [3.63, 3.8) is 0 Å². The van der Waals surface area contributed by atoms with Crippen molar-refractivity contribution in [2.24, 2.45) is 0 Å². The molecule has 0 fully saturated rings. The van der Waals surface area contributed by atoms with Gasteiger partial charge in [-0.15, -0.1) is 0 Å². The maximum absolute atomic E-state index is 5.79. The highest BCUT2D eigenvalue weighted by molar-refractivity contribution is 5.37. The second-order valence-electron chi connectivity index (χ2n) is 6.36. The molecule has 0 N–H and O–H groups in total. The van der Waals surface area contributed by atoms with E-state index in [0.29, 0.717) is 0 Å². The van der Waals surface area contributed by atoms with E-state index in [9.17, 15) is 0 Å². The average Bonchev–Trinajstić information content (AvgIpc) is 2.64. The van der Waals surface area contributed by atoms with Gasteiger partial charge in [-0.1, -0.05) is 36.4 Å². The lowest BCUT2D eigenvalue weighted by Crippen LogP contribution is -2.31. The van der Waals surface area contributed by atoms with Gasteiger partial charge in [-0.25, -0.2) is 0 Å². The van der Waals surface area contributed by atoms with E-state index in [4.69, 9.17) is 9.47 Å². The highest BCUT2D eigenvalue weighted by Crippen LogP contribution is 2.23. The zero-order chi connectivity index (χ0) is 16.6. The maximum Gasteiger partial charge on any atom is 0.119 e. The van der Waals surface area contributed by atoms with Gasteiger partial charge in [0.1, 0.15) is 5.75 Å². The highest BCUT2D eigenvalue weighted by Gasteiger charge is 2.16. The quantitative estimate of drug-likeness (QED) is 0.691. The van der Waals surface area contributed by atoms with Crippen LogP contribution in [0.4, 0.5) is 0 Å². The monoisotopic (exact) mass is 325 g/mol. The molecule has 3 nitrogen and oxygen atoms in total. The Labute approximate surface area is 145 Å². The molecule has 0 radical (unpaired) electrons. The lowest BCUT2D eigenvalue weighted by atomic mass is 9.99. The second-order valence-corrected chi connectivity index (χ2v) is 6.36. The van der Waals surface area contributed by atoms with Crippen LogP contribution in [0.1, 0.15) is 23.1 Å². The van der Waals surface area contributed by atoms with E-state index in [1.807, 2.05) is 0 Å². The van der Waals surface area contributed by atoms with Gasteiger partial charge >= 0.3 is 0 Å². The Morgan fingerprint density at radius 1 is 1.00 bits per heavy atom. The van der Waals surface area contributed by atoms with E-state index in [0.717, 1.165) is 57.9 Å². The predicted octanol–water partition coefficient (Wildman–Crippen LogP) is 3.70. The molecular weight excluding hydrogens is 298 g/mol. The Morgan fingerprint density at radius 3 is 2.71 bits per heavy atom. The van der Waals surface area contributed by atoms with Crippen LogP contribution in [0.5, 0.6) is 5.75 Å². The molecule has 0 atom stereocenters. The molecule has 3 rings (SSSR count). The smallest absolute Gasteiger partial charge is 0.119 e. The molecule has 1 heterocycles. The third kappa shape index (κ3) is 4.83. The lowest BCUT2D eigenvalue weighted by Gasteiger charge is -2.29. The number of fused-ring (bicyclic) bond motifs is 1. The minimum atomic E-state index is 0.810. The van der Waals surface area contributed by atoms with Crippen molar-refractivity contribution >= 4 is 0 Å². The molecular formula is C21H27NO2. The second kappa shape index (κ2) is 8.86. The van der Waals surface area contributed by atoms with Crippen LogP contribution in [0.3, 0.4) is 0 Å². The van der Waals surface area contributed by atoms with Crippen LogP contribution in [0.15, 0.2) is 48.5 Å². The van der Waals surface area contributed by atoms with Gasteiger partial charge in [-0.05, 0) is 48.1 Å². The number of hydrogen-bond donors (Lipinski definition) is 0. The molecule has 0 aromatic heterocycles. The first kappa shape index (κ1) is 17.0. The maximum atomic E-state index is 5.79. The summed E-state index contributed by atoms with van der Waals surface area (Å²) < 4.78 is 11.1. The molecule has 1 aliphatic rings. The Kier molecular flexibility index (Phi) is 6.27. The lowest BCUT2D eigenvalue weighted by molar-refractivity contribution is 0.121. The molecule has 24 heavy (non-hydrogen) atoms. The van der Waals surface area contributed by atoms with Gasteiger partial charge in [-0.2, -0.15) is 0 Å². The summed E-state index contributed by atoms with van der Waals surface area (Å²) in [7, 11) is 1.73. The summed E-state index contributed by atoms with van der Waals surface area (Å²) in [4.78, 5) is 2.52. The topological polar surface area (TPSA) is 21.7 Å². The SMILES string of the molecule is COc1ccc2c(c1)CN(CCCOCCc1ccccc1)CC2. The first-order valence-corrected chi connectivity index (χ1v) is 8.85. The summed E-state index contributed by atoms with van der Waals surface area (Å²) in [5.74, 6) is 0.958. The van der Waals surface area contributed by atoms with Crippen molar-refractivity contribution in [1.82, 2.24) is 4.90 Å². The van der Waals surface area contributed by atoms with Gasteiger partial charge in [-0.3, -0.25) is 4.90 Å². The summed E-state index contributed by atoms with van der Waals surface area (Å²) in [6.45, 7) is 4.92. The standard InChI is InChI=1S/C21H27NO2/c1-23-21-9-8-19-10-13-22(17-20(19)16-21)12-5-14-24-15-11-18-6-3-2-4-7-18/h2-4,6-9,16H,5,10-15,17H2,1H3. The Bertz CT molecular complexity index is 627. The summed E-state index contributed by atoms with van der Waals surface area (Å²) >= 11 is 0. The van der Waals surface area contributed by atoms with E-state index >= 15 is 0 Å². The average molecular weight is 325 g/mol. The Hall–Kier alpha value is -1.84. The van der Waals surface area contributed by atoms with Crippen LogP contribution >= 0.6 is 0 Å². The van der Waals surface area contributed by atoms with Crippen molar-refractivity contribution in [1.29, 1.82) is 0 Å². The highest BCUT2D eigenvalue weighted by atomic mass is 16.5. The largest absolute Gasteiger partial charge is 0.497 e. The molecule has 2 aromatic rings. The molecule has 0 aliphatic carbocycles. The van der Waals surface area contributed by atoms with Crippen LogP contribution in [-0.2, 0) is 24.1 Å². The normalized spacial score (nSPS) is 14.4. The molecule has 1 aliphatic heterocycles. The van der Waals surface area contributed by atoms with Gasteiger partial charge in [0.25, 0.3) is 0 Å². The third-order valence-electron chi connectivity index (χ3n) is 4.65. The molecule has 0 spiro atoms. The first-order valence-electron chi connectivity index (χ1n) is 8.85. The number of nitrogens with zero attached hydrogens (tertiary/aromatic N) is 1. The van der Waals surface area contributed by atoms with Gasteiger partial charge in [0.05, 0.1) is 13.7 Å². The van der Waals surface area contributed by atoms with Crippen molar-refractivity contribution in [3.05, 3.63) is 65.2 Å². The summed E-state index contributed by atoms with van der Waals surface area (Å²) in [6.07, 6.45) is 3.22. The number of hydrogen-bond acceptors (Lipinski definition) is 3. The Balaban J connectivity index is 1.34. The molecule has 2 aromatic carbocycles. The molecule has 0 amide bonds. The fraction of sp³-hybridized carbons (Fsp3) is 0.429.